The lowest BCUT2D eigenvalue weighted by Crippen LogP contribution is -2.01. The van der Waals surface area contributed by atoms with E-state index in [4.69, 9.17) is 15.0 Å². The van der Waals surface area contributed by atoms with E-state index in [0.29, 0.717) is 17.5 Å². The minimum atomic E-state index is 0.645. The molecular formula is C49H32N4. The standard InChI is InChI=1S/C49H32N4/c1-5-17-37-31(11-1)15-9-21-41(37)48-50-47(51-49(52-48)42-22-10-16-32-12-2-6-18-38(32)42)35-23-27-36(28-24-35)53-43-29-25-33-13-3-7-19-39(33)45(43)46-40-20-8-4-14-34(40)26-30-44(46)53/h1-7,9-19,21-30H,8,20H2. The van der Waals surface area contributed by atoms with E-state index in [0.717, 1.165) is 56.8 Å². The molecule has 0 bridgehead atoms. The highest BCUT2D eigenvalue weighted by molar-refractivity contribution is 6.22. The van der Waals surface area contributed by atoms with Crippen molar-refractivity contribution in [1.82, 2.24) is 19.5 Å². The second-order valence-corrected chi connectivity index (χ2v) is 13.9. The van der Waals surface area contributed by atoms with Gasteiger partial charge in [-0.05, 0) is 92.7 Å². The first-order valence-electron chi connectivity index (χ1n) is 18.3. The van der Waals surface area contributed by atoms with Crippen molar-refractivity contribution in [2.45, 2.75) is 12.8 Å². The highest BCUT2D eigenvalue weighted by atomic mass is 15.0. The molecule has 0 aliphatic heterocycles. The van der Waals surface area contributed by atoms with Crippen LogP contribution in [0.2, 0.25) is 0 Å². The van der Waals surface area contributed by atoms with Gasteiger partial charge in [-0.25, -0.2) is 15.0 Å². The average Bonchev–Trinajstić information content (AvgIpc) is 3.58. The molecule has 248 valence electrons. The van der Waals surface area contributed by atoms with Crippen LogP contribution in [0, 0.1) is 0 Å². The van der Waals surface area contributed by atoms with Crippen LogP contribution in [0.15, 0.2) is 164 Å². The third kappa shape index (κ3) is 4.73. The van der Waals surface area contributed by atoms with E-state index in [1.165, 1.54) is 43.7 Å². The SMILES string of the molecule is C1=Cc2ccc3c(c2CC1)c1c2ccccc2ccc1n3-c1ccc(-c2nc(-c3cccc4ccccc34)nc(-c3cccc4ccccc34)n2)cc1. The summed E-state index contributed by atoms with van der Waals surface area (Å²) in [6, 6.07) is 56.1. The smallest absolute Gasteiger partial charge is 0.164 e. The Morgan fingerprint density at radius 3 is 1.66 bits per heavy atom. The Morgan fingerprint density at radius 1 is 0.434 bits per heavy atom. The number of benzene rings is 8. The molecule has 11 rings (SSSR count). The summed E-state index contributed by atoms with van der Waals surface area (Å²) in [7, 11) is 0. The lowest BCUT2D eigenvalue weighted by molar-refractivity contribution is 0.997. The largest absolute Gasteiger partial charge is 0.309 e. The van der Waals surface area contributed by atoms with Gasteiger partial charge >= 0.3 is 0 Å². The van der Waals surface area contributed by atoms with Crippen molar-refractivity contribution in [3.8, 4) is 39.9 Å². The first-order valence-corrected chi connectivity index (χ1v) is 18.3. The van der Waals surface area contributed by atoms with Crippen molar-refractivity contribution in [2.24, 2.45) is 0 Å². The van der Waals surface area contributed by atoms with Crippen molar-refractivity contribution in [1.29, 1.82) is 0 Å². The zero-order valence-corrected chi connectivity index (χ0v) is 28.9. The minimum Gasteiger partial charge on any atom is -0.309 e. The second kappa shape index (κ2) is 11.8. The fourth-order valence-electron chi connectivity index (χ4n) is 8.44. The fraction of sp³-hybridized carbons (Fsp3) is 0.0408. The molecule has 1 aliphatic carbocycles. The summed E-state index contributed by atoms with van der Waals surface area (Å²) in [5, 5.41) is 9.77. The summed E-state index contributed by atoms with van der Waals surface area (Å²) in [5.74, 6) is 1.96. The van der Waals surface area contributed by atoms with Gasteiger partial charge in [0.1, 0.15) is 0 Å². The molecule has 0 atom stereocenters. The Labute approximate surface area is 306 Å². The van der Waals surface area contributed by atoms with Gasteiger partial charge in [-0.1, -0.05) is 133 Å². The van der Waals surface area contributed by atoms with E-state index >= 15 is 0 Å². The molecule has 0 radical (unpaired) electrons. The number of allylic oxidation sites excluding steroid dienone is 1. The highest BCUT2D eigenvalue weighted by Crippen LogP contribution is 2.41. The van der Waals surface area contributed by atoms with Gasteiger partial charge in [-0.2, -0.15) is 0 Å². The van der Waals surface area contributed by atoms with E-state index in [-0.39, 0.29) is 0 Å². The molecular weight excluding hydrogens is 645 g/mol. The maximum absolute atomic E-state index is 5.17. The topological polar surface area (TPSA) is 43.6 Å². The van der Waals surface area contributed by atoms with E-state index in [1.54, 1.807) is 0 Å². The minimum absolute atomic E-state index is 0.645. The first-order chi connectivity index (χ1) is 26.3. The summed E-state index contributed by atoms with van der Waals surface area (Å²) in [6.07, 6.45) is 6.69. The third-order valence-electron chi connectivity index (χ3n) is 10.9. The quantitative estimate of drug-likeness (QED) is 0.186. The van der Waals surface area contributed by atoms with Crippen molar-refractivity contribution in [3.05, 3.63) is 175 Å². The Kier molecular flexibility index (Phi) is 6.65. The molecule has 4 heteroatoms. The van der Waals surface area contributed by atoms with Crippen molar-refractivity contribution in [2.75, 3.05) is 0 Å². The van der Waals surface area contributed by atoms with E-state index in [2.05, 4.69) is 174 Å². The molecule has 10 aromatic rings. The summed E-state index contributed by atoms with van der Waals surface area (Å²) >= 11 is 0. The number of hydrogen-bond acceptors (Lipinski definition) is 3. The number of fused-ring (bicyclic) bond motifs is 9. The van der Waals surface area contributed by atoms with Gasteiger partial charge in [0, 0.05) is 33.2 Å². The van der Waals surface area contributed by atoms with Crippen LogP contribution in [-0.2, 0) is 6.42 Å². The Morgan fingerprint density at radius 2 is 0.981 bits per heavy atom. The molecule has 8 aromatic carbocycles. The summed E-state index contributed by atoms with van der Waals surface area (Å²) in [4.78, 5) is 15.5. The Bertz CT molecular complexity index is 3010. The number of aryl methyl sites for hydroxylation is 1. The van der Waals surface area contributed by atoms with Gasteiger partial charge in [0.2, 0.25) is 0 Å². The van der Waals surface area contributed by atoms with E-state index in [9.17, 15) is 0 Å². The normalized spacial score (nSPS) is 12.7. The van der Waals surface area contributed by atoms with Crippen molar-refractivity contribution >= 4 is 60.2 Å². The number of hydrogen-bond donors (Lipinski definition) is 0. The average molecular weight is 677 g/mol. The fourth-order valence-corrected chi connectivity index (χ4v) is 8.44. The first kappa shape index (κ1) is 29.8. The summed E-state index contributed by atoms with van der Waals surface area (Å²) in [5.41, 5.74) is 9.22. The maximum Gasteiger partial charge on any atom is 0.164 e. The molecule has 2 heterocycles. The molecule has 2 aromatic heterocycles. The molecule has 0 saturated carbocycles. The molecule has 0 spiro atoms. The van der Waals surface area contributed by atoms with Crippen LogP contribution in [-0.4, -0.2) is 19.5 Å². The monoisotopic (exact) mass is 676 g/mol. The number of nitrogens with zero attached hydrogens (tertiary/aromatic N) is 4. The molecule has 0 fully saturated rings. The van der Waals surface area contributed by atoms with Gasteiger partial charge in [-0.15, -0.1) is 0 Å². The highest BCUT2D eigenvalue weighted by Gasteiger charge is 2.21. The molecule has 0 N–H and O–H groups in total. The van der Waals surface area contributed by atoms with Crippen LogP contribution in [0.25, 0.3) is 100 Å². The van der Waals surface area contributed by atoms with Crippen molar-refractivity contribution in [3.63, 3.8) is 0 Å². The molecule has 0 saturated heterocycles. The van der Waals surface area contributed by atoms with Gasteiger partial charge in [-0.3, -0.25) is 0 Å². The second-order valence-electron chi connectivity index (χ2n) is 13.9. The van der Waals surface area contributed by atoms with E-state index in [1.807, 2.05) is 0 Å². The zero-order valence-electron chi connectivity index (χ0n) is 28.9. The van der Waals surface area contributed by atoms with Crippen LogP contribution >= 0.6 is 0 Å². The summed E-state index contributed by atoms with van der Waals surface area (Å²) < 4.78 is 2.43. The lowest BCUT2D eigenvalue weighted by Gasteiger charge is -2.14. The predicted octanol–water partition coefficient (Wildman–Crippen LogP) is 12.4. The third-order valence-corrected chi connectivity index (χ3v) is 10.9. The van der Waals surface area contributed by atoms with Crippen LogP contribution in [0.5, 0.6) is 0 Å². The Hall–Kier alpha value is -6.91. The van der Waals surface area contributed by atoms with Gasteiger partial charge in [0.15, 0.2) is 17.5 Å². The van der Waals surface area contributed by atoms with E-state index < -0.39 is 0 Å². The predicted molar refractivity (Wildman–Crippen MR) is 220 cm³/mol. The molecule has 1 aliphatic rings. The maximum atomic E-state index is 5.17. The van der Waals surface area contributed by atoms with Gasteiger partial charge in [0.25, 0.3) is 0 Å². The van der Waals surface area contributed by atoms with Crippen LogP contribution in [0.1, 0.15) is 17.5 Å². The zero-order chi connectivity index (χ0) is 34.9. The number of rotatable bonds is 4. The Balaban J connectivity index is 1.11. The molecule has 0 unspecified atom stereocenters. The van der Waals surface area contributed by atoms with Crippen LogP contribution in [0.3, 0.4) is 0 Å². The van der Waals surface area contributed by atoms with Crippen LogP contribution in [0.4, 0.5) is 0 Å². The lowest BCUT2D eigenvalue weighted by atomic mass is 9.92. The molecule has 53 heavy (non-hydrogen) atoms. The van der Waals surface area contributed by atoms with Crippen LogP contribution < -0.4 is 0 Å². The molecule has 4 nitrogen and oxygen atoms in total. The molecule has 0 amide bonds. The van der Waals surface area contributed by atoms with Gasteiger partial charge in [0.05, 0.1) is 11.0 Å². The van der Waals surface area contributed by atoms with Gasteiger partial charge < -0.3 is 4.57 Å². The van der Waals surface area contributed by atoms with Crippen molar-refractivity contribution < 1.29 is 0 Å². The number of aromatic nitrogens is 4. The summed E-state index contributed by atoms with van der Waals surface area (Å²) in [6.45, 7) is 0.